The molecule has 0 aliphatic rings. The van der Waals surface area contributed by atoms with Crippen molar-refractivity contribution in [1.29, 1.82) is 0 Å². The van der Waals surface area contributed by atoms with Crippen LogP contribution in [0.2, 0.25) is 0 Å². The van der Waals surface area contributed by atoms with Gasteiger partial charge in [0.05, 0.1) is 15.9 Å². The van der Waals surface area contributed by atoms with Crippen LogP contribution in [-0.4, -0.2) is 18.4 Å². The first-order valence-electron chi connectivity index (χ1n) is 6.30. The van der Waals surface area contributed by atoms with Crippen LogP contribution < -0.4 is 10.4 Å². The molecule has 0 saturated carbocycles. The van der Waals surface area contributed by atoms with Gasteiger partial charge in [-0.15, -0.1) is 0 Å². The van der Waals surface area contributed by atoms with Gasteiger partial charge in [-0.05, 0) is 29.8 Å². The Morgan fingerprint density at radius 3 is 2.43 bits per heavy atom. The molecule has 3 N–H and O–H groups in total. The lowest BCUT2D eigenvalue weighted by molar-refractivity contribution is 0.581. The molecule has 0 unspecified atom stereocenters. The van der Waals surface area contributed by atoms with E-state index >= 15 is 0 Å². The van der Waals surface area contributed by atoms with E-state index < -0.39 is 10.0 Å². The first kappa shape index (κ1) is 13.6. The van der Waals surface area contributed by atoms with E-state index in [0.29, 0.717) is 11.0 Å². The molecule has 0 aliphatic heterocycles. The van der Waals surface area contributed by atoms with Crippen molar-refractivity contribution < 1.29 is 8.42 Å². The Hall–Kier alpha value is -2.38. The number of benzene rings is 2. The number of sulfonamides is 1. The van der Waals surface area contributed by atoms with Crippen LogP contribution in [0.3, 0.4) is 0 Å². The van der Waals surface area contributed by atoms with Gasteiger partial charge in [-0.2, -0.15) is 0 Å². The third kappa shape index (κ3) is 2.88. The Kier molecular flexibility index (Phi) is 3.36. The average Bonchev–Trinajstić information content (AvgIpc) is 2.85. The zero-order valence-corrected chi connectivity index (χ0v) is 11.8. The molecule has 0 aliphatic carbocycles. The molecular weight excluding hydrogens is 290 g/mol. The molecule has 1 aromatic heterocycles. The van der Waals surface area contributed by atoms with Gasteiger partial charge in [0.1, 0.15) is 0 Å². The molecule has 0 fully saturated rings. The van der Waals surface area contributed by atoms with Crippen LogP contribution in [0.25, 0.3) is 11.0 Å². The summed E-state index contributed by atoms with van der Waals surface area (Å²) in [6.07, 6.45) is 0. The summed E-state index contributed by atoms with van der Waals surface area (Å²) in [5.41, 5.74) is 1.82. The standard InChI is InChI=1S/C14H13N3O3S/c18-14-16-12-7-6-10(8-13(12)17-14)9-15-21(19,20)11-4-2-1-3-5-11/h1-8,15H,9H2,(H2,16,17,18). The number of hydrogen-bond acceptors (Lipinski definition) is 3. The number of rotatable bonds is 4. The highest BCUT2D eigenvalue weighted by Gasteiger charge is 2.12. The molecule has 108 valence electrons. The SMILES string of the molecule is O=c1[nH]c2ccc(CNS(=O)(=O)c3ccccc3)cc2[nH]1. The van der Waals surface area contributed by atoms with Gasteiger partial charge >= 0.3 is 5.69 Å². The maximum Gasteiger partial charge on any atom is 0.323 e. The molecule has 2 aromatic carbocycles. The highest BCUT2D eigenvalue weighted by atomic mass is 32.2. The van der Waals surface area contributed by atoms with Crippen molar-refractivity contribution >= 4 is 21.1 Å². The molecule has 0 amide bonds. The lowest BCUT2D eigenvalue weighted by Gasteiger charge is -2.06. The number of aromatic amines is 2. The fraction of sp³-hybridized carbons (Fsp3) is 0.0714. The molecular formula is C14H13N3O3S. The van der Waals surface area contributed by atoms with Crippen LogP contribution in [0.1, 0.15) is 5.56 Å². The van der Waals surface area contributed by atoms with Crippen LogP contribution in [0.5, 0.6) is 0 Å². The minimum absolute atomic E-state index is 0.153. The smallest absolute Gasteiger partial charge is 0.306 e. The molecule has 6 nitrogen and oxygen atoms in total. The summed E-state index contributed by atoms with van der Waals surface area (Å²) in [6, 6.07) is 13.4. The Morgan fingerprint density at radius 2 is 1.67 bits per heavy atom. The van der Waals surface area contributed by atoms with E-state index in [-0.39, 0.29) is 17.1 Å². The first-order chi connectivity index (χ1) is 10.0. The van der Waals surface area contributed by atoms with Gasteiger partial charge in [0.25, 0.3) is 0 Å². The Balaban J connectivity index is 1.81. The molecule has 0 spiro atoms. The van der Waals surface area contributed by atoms with E-state index in [2.05, 4.69) is 14.7 Å². The fourth-order valence-corrected chi connectivity index (χ4v) is 3.09. The van der Waals surface area contributed by atoms with E-state index in [1.165, 1.54) is 12.1 Å². The largest absolute Gasteiger partial charge is 0.323 e. The van der Waals surface area contributed by atoms with Crippen molar-refractivity contribution in [3.05, 3.63) is 64.6 Å². The van der Waals surface area contributed by atoms with Crippen molar-refractivity contribution in [2.24, 2.45) is 0 Å². The maximum absolute atomic E-state index is 12.1. The maximum atomic E-state index is 12.1. The number of imidazole rings is 1. The Bertz CT molecular complexity index is 927. The Labute approximate surface area is 120 Å². The van der Waals surface area contributed by atoms with Crippen molar-refractivity contribution in [3.8, 4) is 0 Å². The van der Waals surface area contributed by atoms with Gasteiger partial charge in [-0.3, -0.25) is 0 Å². The lowest BCUT2D eigenvalue weighted by Crippen LogP contribution is -2.23. The summed E-state index contributed by atoms with van der Waals surface area (Å²) in [7, 11) is -3.54. The zero-order chi connectivity index (χ0) is 14.9. The van der Waals surface area contributed by atoms with Gasteiger partial charge in [0.2, 0.25) is 10.0 Å². The second-order valence-electron chi connectivity index (χ2n) is 4.60. The van der Waals surface area contributed by atoms with Crippen LogP contribution in [-0.2, 0) is 16.6 Å². The summed E-state index contributed by atoms with van der Waals surface area (Å²) in [5, 5.41) is 0. The average molecular weight is 303 g/mol. The van der Waals surface area contributed by atoms with Crippen molar-refractivity contribution in [3.63, 3.8) is 0 Å². The third-order valence-corrected chi connectivity index (χ3v) is 4.52. The summed E-state index contributed by atoms with van der Waals surface area (Å²) < 4.78 is 26.7. The number of aromatic nitrogens is 2. The molecule has 0 bridgehead atoms. The number of hydrogen-bond donors (Lipinski definition) is 3. The highest BCUT2D eigenvalue weighted by Crippen LogP contribution is 2.12. The van der Waals surface area contributed by atoms with Crippen LogP contribution in [0.4, 0.5) is 0 Å². The van der Waals surface area contributed by atoms with E-state index in [4.69, 9.17) is 0 Å². The summed E-state index contributed by atoms with van der Waals surface area (Å²) in [4.78, 5) is 16.7. The van der Waals surface area contributed by atoms with Gasteiger partial charge < -0.3 is 9.97 Å². The van der Waals surface area contributed by atoms with Crippen LogP contribution in [0.15, 0.2) is 58.2 Å². The number of nitrogens with one attached hydrogen (secondary N) is 3. The molecule has 1 heterocycles. The van der Waals surface area contributed by atoms with E-state index in [9.17, 15) is 13.2 Å². The van der Waals surface area contributed by atoms with Gasteiger partial charge in [0.15, 0.2) is 0 Å². The number of fused-ring (bicyclic) bond motifs is 1. The number of H-pyrrole nitrogens is 2. The lowest BCUT2D eigenvalue weighted by atomic mass is 10.2. The predicted molar refractivity (Wildman–Crippen MR) is 79.4 cm³/mol. The van der Waals surface area contributed by atoms with Crippen molar-refractivity contribution in [2.75, 3.05) is 0 Å². The fourth-order valence-electron chi connectivity index (χ4n) is 2.05. The summed E-state index contributed by atoms with van der Waals surface area (Å²) in [6.45, 7) is 0.153. The monoisotopic (exact) mass is 303 g/mol. The molecule has 7 heteroatoms. The minimum atomic E-state index is -3.54. The highest BCUT2D eigenvalue weighted by molar-refractivity contribution is 7.89. The van der Waals surface area contributed by atoms with Crippen molar-refractivity contribution in [2.45, 2.75) is 11.4 Å². The third-order valence-electron chi connectivity index (χ3n) is 3.10. The zero-order valence-electron chi connectivity index (χ0n) is 11.0. The van der Waals surface area contributed by atoms with E-state index in [1.54, 1.807) is 36.4 Å². The quantitative estimate of drug-likeness (QED) is 0.678. The molecule has 3 aromatic rings. The van der Waals surface area contributed by atoms with E-state index in [1.807, 2.05) is 0 Å². The molecule has 0 radical (unpaired) electrons. The Morgan fingerprint density at radius 1 is 0.952 bits per heavy atom. The second kappa shape index (κ2) is 5.19. The van der Waals surface area contributed by atoms with Gasteiger partial charge in [-0.25, -0.2) is 17.9 Å². The van der Waals surface area contributed by atoms with Crippen LogP contribution in [0, 0.1) is 0 Å². The van der Waals surface area contributed by atoms with Gasteiger partial charge in [0, 0.05) is 6.54 Å². The molecule has 0 saturated heterocycles. The predicted octanol–water partition coefficient (Wildman–Crippen LogP) is 1.33. The second-order valence-corrected chi connectivity index (χ2v) is 6.36. The summed E-state index contributed by atoms with van der Waals surface area (Å²) in [5.74, 6) is 0. The summed E-state index contributed by atoms with van der Waals surface area (Å²) >= 11 is 0. The first-order valence-corrected chi connectivity index (χ1v) is 7.78. The van der Waals surface area contributed by atoms with E-state index in [0.717, 1.165) is 5.56 Å². The molecule has 3 rings (SSSR count). The topological polar surface area (TPSA) is 94.8 Å². The van der Waals surface area contributed by atoms with Gasteiger partial charge in [-0.1, -0.05) is 24.3 Å². The minimum Gasteiger partial charge on any atom is -0.306 e. The van der Waals surface area contributed by atoms with Crippen LogP contribution >= 0.6 is 0 Å². The normalized spacial score (nSPS) is 11.8. The molecule has 0 atom stereocenters. The molecule has 21 heavy (non-hydrogen) atoms. The van der Waals surface area contributed by atoms with Crippen molar-refractivity contribution in [1.82, 2.24) is 14.7 Å².